The zero-order valence-electron chi connectivity index (χ0n) is 9.85. The number of hydrazine groups is 1. The minimum atomic E-state index is -0.237. The van der Waals surface area contributed by atoms with E-state index in [1.807, 2.05) is 30.3 Å². The monoisotopic (exact) mass is 264 g/mol. The molecular formula is C12H16N4OS. The van der Waals surface area contributed by atoms with E-state index >= 15 is 0 Å². The summed E-state index contributed by atoms with van der Waals surface area (Å²) in [7, 11) is 0. The van der Waals surface area contributed by atoms with Gasteiger partial charge >= 0.3 is 0 Å². The van der Waals surface area contributed by atoms with Crippen LogP contribution in [0.25, 0.3) is 0 Å². The summed E-state index contributed by atoms with van der Waals surface area (Å²) in [6.45, 7) is 0.631. The van der Waals surface area contributed by atoms with Crippen LogP contribution in [0.5, 0.6) is 0 Å². The van der Waals surface area contributed by atoms with Crippen molar-refractivity contribution in [3.63, 3.8) is 0 Å². The van der Waals surface area contributed by atoms with Gasteiger partial charge in [0, 0.05) is 6.54 Å². The van der Waals surface area contributed by atoms with Gasteiger partial charge in [-0.05, 0) is 5.56 Å². The van der Waals surface area contributed by atoms with E-state index in [0.29, 0.717) is 18.0 Å². The minimum absolute atomic E-state index is 0.0522. The normalized spacial score (nSPS) is 22.7. The first-order chi connectivity index (χ1) is 8.66. The first-order valence-electron chi connectivity index (χ1n) is 5.78. The molecule has 5 N–H and O–H groups in total. The van der Waals surface area contributed by atoms with Crippen LogP contribution in [0.2, 0.25) is 0 Å². The highest BCUT2D eigenvalue weighted by atomic mass is 32.1. The van der Waals surface area contributed by atoms with E-state index in [-0.39, 0.29) is 18.0 Å². The SMILES string of the molecule is NC(=S)C1CNNC1NC(=O)Cc1ccccc1. The zero-order chi connectivity index (χ0) is 13.0. The summed E-state index contributed by atoms with van der Waals surface area (Å²) >= 11 is 4.96. The lowest BCUT2D eigenvalue weighted by molar-refractivity contribution is -0.121. The highest BCUT2D eigenvalue weighted by Crippen LogP contribution is 2.06. The second kappa shape index (κ2) is 5.90. The number of nitrogens with one attached hydrogen (secondary N) is 3. The number of rotatable bonds is 4. The third kappa shape index (κ3) is 3.25. The Morgan fingerprint density at radius 1 is 1.44 bits per heavy atom. The molecule has 0 radical (unpaired) electrons. The van der Waals surface area contributed by atoms with Crippen LogP contribution in [0.15, 0.2) is 30.3 Å². The van der Waals surface area contributed by atoms with Gasteiger partial charge < -0.3 is 11.1 Å². The molecular weight excluding hydrogens is 248 g/mol. The number of carbonyl (C=O) groups excluding carboxylic acids is 1. The maximum absolute atomic E-state index is 11.9. The van der Waals surface area contributed by atoms with Crippen molar-refractivity contribution in [1.29, 1.82) is 0 Å². The number of carbonyl (C=O) groups is 1. The summed E-state index contributed by atoms with van der Waals surface area (Å²) in [5.74, 6) is -0.108. The largest absolute Gasteiger partial charge is 0.393 e. The fraction of sp³-hybridized carbons (Fsp3) is 0.333. The number of nitrogens with two attached hydrogens (primary N) is 1. The molecule has 1 amide bonds. The lowest BCUT2D eigenvalue weighted by Crippen LogP contribution is -2.49. The van der Waals surface area contributed by atoms with Crippen LogP contribution < -0.4 is 21.9 Å². The number of hydrogen-bond acceptors (Lipinski definition) is 4. The van der Waals surface area contributed by atoms with Gasteiger partial charge in [-0.3, -0.25) is 10.2 Å². The van der Waals surface area contributed by atoms with Gasteiger partial charge in [0.2, 0.25) is 5.91 Å². The van der Waals surface area contributed by atoms with Crippen molar-refractivity contribution < 1.29 is 4.79 Å². The first kappa shape index (κ1) is 12.9. The summed E-state index contributed by atoms with van der Waals surface area (Å²) in [6.07, 6.45) is 0.113. The molecule has 0 aromatic heterocycles. The van der Waals surface area contributed by atoms with E-state index in [1.54, 1.807) is 0 Å². The zero-order valence-corrected chi connectivity index (χ0v) is 10.7. The molecule has 1 aliphatic rings. The fourth-order valence-electron chi connectivity index (χ4n) is 1.90. The Kier molecular flexibility index (Phi) is 4.24. The van der Waals surface area contributed by atoms with Gasteiger partial charge in [-0.25, -0.2) is 5.43 Å². The van der Waals surface area contributed by atoms with Crippen molar-refractivity contribution in [2.24, 2.45) is 11.7 Å². The lowest BCUT2D eigenvalue weighted by Gasteiger charge is -2.18. The van der Waals surface area contributed by atoms with E-state index in [9.17, 15) is 4.79 Å². The fourth-order valence-corrected chi connectivity index (χ4v) is 2.12. The van der Waals surface area contributed by atoms with Gasteiger partial charge in [0.1, 0.15) is 6.17 Å². The molecule has 0 spiro atoms. The molecule has 2 unspecified atom stereocenters. The third-order valence-electron chi connectivity index (χ3n) is 2.87. The molecule has 2 atom stereocenters. The van der Waals surface area contributed by atoms with E-state index in [4.69, 9.17) is 18.0 Å². The average molecular weight is 264 g/mol. The molecule has 1 aliphatic heterocycles. The summed E-state index contributed by atoms with van der Waals surface area (Å²) in [5.41, 5.74) is 12.5. The van der Waals surface area contributed by atoms with Crippen molar-refractivity contribution in [2.45, 2.75) is 12.6 Å². The van der Waals surface area contributed by atoms with Crippen molar-refractivity contribution in [3.8, 4) is 0 Å². The standard InChI is InChI=1S/C12H16N4OS/c13-11(18)9-7-14-16-12(9)15-10(17)6-8-4-2-1-3-5-8/h1-5,9,12,14,16H,6-7H2,(H2,13,18)(H,15,17). The molecule has 0 aliphatic carbocycles. The van der Waals surface area contributed by atoms with Crippen LogP contribution >= 0.6 is 12.2 Å². The van der Waals surface area contributed by atoms with Crippen molar-refractivity contribution >= 4 is 23.1 Å². The van der Waals surface area contributed by atoms with E-state index < -0.39 is 0 Å². The van der Waals surface area contributed by atoms with Crippen LogP contribution in [0, 0.1) is 5.92 Å². The Morgan fingerprint density at radius 2 is 2.17 bits per heavy atom. The van der Waals surface area contributed by atoms with E-state index in [0.717, 1.165) is 5.56 Å². The Morgan fingerprint density at radius 3 is 2.83 bits per heavy atom. The summed E-state index contributed by atoms with van der Waals surface area (Å²) < 4.78 is 0. The number of benzene rings is 1. The van der Waals surface area contributed by atoms with Crippen LogP contribution in [-0.4, -0.2) is 23.6 Å². The Bertz CT molecular complexity index is 437. The predicted octanol–water partition coefficient (Wildman–Crippen LogP) is -0.318. The van der Waals surface area contributed by atoms with Gasteiger partial charge in [-0.15, -0.1) is 0 Å². The minimum Gasteiger partial charge on any atom is -0.393 e. The van der Waals surface area contributed by atoms with Crippen molar-refractivity contribution in [2.75, 3.05) is 6.54 Å². The Labute approximate surface area is 111 Å². The lowest BCUT2D eigenvalue weighted by atomic mass is 10.1. The highest BCUT2D eigenvalue weighted by molar-refractivity contribution is 7.80. The van der Waals surface area contributed by atoms with E-state index in [2.05, 4.69) is 16.2 Å². The third-order valence-corrected chi connectivity index (χ3v) is 3.17. The number of amides is 1. The average Bonchev–Trinajstić information content (AvgIpc) is 2.78. The molecule has 0 bridgehead atoms. The Hall–Kier alpha value is -1.50. The first-order valence-corrected chi connectivity index (χ1v) is 6.18. The molecule has 2 rings (SSSR count). The smallest absolute Gasteiger partial charge is 0.225 e. The molecule has 0 saturated carbocycles. The quantitative estimate of drug-likeness (QED) is 0.561. The summed E-state index contributed by atoms with van der Waals surface area (Å²) in [5, 5.41) is 2.88. The topological polar surface area (TPSA) is 79.2 Å². The molecule has 1 aromatic rings. The van der Waals surface area contributed by atoms with Crippen molar-refractivity contribution in [3.05, 3.63) is 35.9 Å². The maximum Gasteiger partial charge on any atom is 0.225 e. The maximum atomic E-state index is 11.9. The van der Waals surface area contributed by atoms with Crippen LogP contribution in [0.1, 0.15) is 5.56 Å². The van der Waals surface area contributed by atoms with Gasteiger partial charge in [-0.2, -0.15) is 0 Å². The second-order valence-electron chi connectivity index (χ2n) is 4.24. The van der Waals surface area contributed by atoms with Gasteiger partial charge in [0.15, 0.2) is 0 Å². The van der Waals surface area contributed by atoms with Crippen LogP contribution in [0.4, 0.5) is 0 Å². The molecule has 18 heavy (non-hydrogen) atoms. The molecule has 6 heteroatoms. The predicted molar refractivity (Wildman–Crippen MR) is 73.5 cm³/mol. The molecule has 96 valence electrons. The van der Waals surface area contributed by atoms with Crippen molar-refractivity contribution in [1.82, 2.24) is 16.2 Å². The van der Waals surface area contributed by atoms with Gasteiger partial charge in [-0.1, -0.05) is 42.5 Å². The number of thiocarbonyl (C=S) groups is 1. The Balaban J connectivity index is 1.90. The summed E-state index contributed by atoms with van der Waals surface area (Å²) in [4.78, 5) is 12.3. The highest BCUT2D eigenvalue weighted by Gasteiger charge is 2.29. The van der Waals surface area contributed by atoms with Crippen LogP contribution in [0.3, 0.4) is 0 Å². The second-order valence-corrected chi connectivity index (χ2v) is 4.71. The van der Waals surface area contributed by atoms with E-state index in [1.165, 1.54) is 0 Å². The van der Waals surface area contributed by atoms with Gasteiger partial charge in [0.05, 0.1) is 17.3 Å². The number of hydrogen-bond donors (Lipinski definition) is 4. The van der Waals surface area contributed by atoms with Crippen LogP contribution in [-0.2, 0) is 11.2 Å². The molecule has 5 nitrogen and oxygen atoms in total. The summed E-state index contributed by atoms with van der Waals surface area (Å²) in [6, 6.07) is 9.59. The molecule has 1 fully saturated rings. The molecule has 1 saturated heterocycles. The van der Waals surface area contributed by atoms with Gasteiger partial charge in [0.25, 0.3) is 0 Å². The molecule has 1 heterocycles. The molecule has 1 aromatic carbocycles.